The molecule has 0 aliphatic heterocycles. The van der Waals surface area contributed by atoms with Crippen molar-refractivity contribution in [2.24, 2.45) is 5.73 Å². The summed E-state index contributed by atoms with van der Waals surface area (Å²) in [5.74, 6) is 1.42. The summed E-state index contributed by atoms with van der Waals surface area (Å²) in [5.41, 5.74) is 14.2. The molecule has 0 saturated heterocycles. The lowest BCUT2D eigenvalue weighted by atomic mass is 10.00. The van der Waals surface area contributed by atoms with Gasteiger partial charge in [0.2, 0.25) is 0 Å². The molecule has 2 aromatic rings. The van der Waals surface area contributed by atoms with Gasteiger partial charge in [-0.05, 0) is 42.2 Å². The van der Waals surface area contributed by atoms with E-state index in [0.717, 1.165) is 24.2 Å². The molecule has 0 radical (unpaired) electrons. The molecule has 0 bridgehead atoms. The highest BCUT2D eigenvalue weighted by molar-refractivity contribution is 5.39. The van der Waals surface area contributed by atoms with Crippen LogP contribution in [0.3, 0.4) is 0 Å². The van der Waals surface area contributed by atoms with Gasteiger partial charge in [0.1, 0.15) is 11.6 Å². The molecule has 0 saturated carbocycles. The number of hydrogen-bond acceptors (Lipinski definition) is 4. The summed E-state index contributed by atoms with van der Waals surface area (Å²) in [4.78, 5) is 4.07. The van der Waals surface area contributed by atoms with Gasteiger partial charge in [-0.15, -0.1) is 0 Å². The number of nitrogens with zero attached hydrogens (tertiary/aromatic N) is 1. The predicted octanol–water partition coefficient (Wildman–Crippen LogP) is 1.78. The summed E-state index contributed by atoms with van der Waals surface area (Å²) in [6.45, 7) is 0. The van der Waals surface area contributed by atoms with Crippen LogP contribution in [0.2, 0.25) is 0 Å². The molecule has 2 rings (SSSR count). The normalized spacial score (nSPS) is 12.1. The predicted molar refractivity (Wildman–Crippen MR) is 77.0 cm³/mol. The zero-order valence-corrected chi connectivity index (χ0v) is 11.0. The first-order chi connectivity index (χ1) is 9.19. The highest BCUT2D eigenvalue weighted by Crippen LogP contribution is 2.15. The van der Waals surface area contributed by atoms with Crippen molar-refractivity contribution >= 4 is 5.82 Å². The van der Waals surface area contributed by atoms with Crippen LogP contribution in [-0.4, -0.2) is 18.1 Å². The summed E-state index contributed by atoms with van der Waals surface area (Å²) in [5, 5.41) is 0. The van der Waals surface area contributed by atoms with Crippen LogP contribution in [0.15, 0.2) is 42.6 Å². The van der Waals surface area contributed by atoms with Gasteiger partial charge in [-0.25, -0.2) is 4.98 Å². The Morgan fingerprint density at radius 2 is 1.89 bits per heavy atom. The molecule has 0 fully saturated rings. The van der Waals surface area contributed by atoms with Crippen molar-refractivity contribution in [1.82, 2.24) is 4.98 Å². The first-order valence-corrected chi connectivity index (χ1v) is 6.27. The molecule has 1 heterocycles. The average Bonchev–Trinajstić information content (AvgIpc) is 2.42. The highest BCUT2D eigenvalue weighted by atomic mass is 16.5. The monoisotopic (exact) mass is 257 g/mol. The van der Waals surface area contributed by atoms with E-state index in [0.29, 0.717) is 5.82 Å². The molecule has 0 aliphatic carbocycles. The molecular formula is C15H19N3O. The van der Waals surface area contributed by atoms with E-state index in [4.69, 9.17) is 16.2 Å². The molecule has 4 heteroatoms. The van der Waals surface area contributed by atoms with E-state index in [1.807, 2.05) is 36.4 Å². The number of methoxy groups -OCH3 is 1. The summed E-state index contributed by atoms with van der Waals surface area (Å²) >= 11 is 0. The van der Waals surface area contributed by atoms with E-state index < -0.39 is 0 Å². The lowest BCUT2D eigenvalue weighted by molar-refractivity contribution is 0.414. The van der Waals surface area contributed by atoms with E-state index in [1.165, 1.54) is 5.56 Å². The average molecular weight is 257 g/mol. The van der Waals surface area contributed by atoms with Crippen LogP contribution in [0.1, 0.15) is 11.1 Å². The van der Waals surface area contributed by atoms with Crippen molar-refractivity contribution in [3.05, 3.63) is 53.7 Å². The fraction of sp³-hybridized carbons (Fsp3) is 0.267. The zero-order valence-electron chi connectivity index (χ0n) is 11.0. The minimum Gasteiger partial charge on any atom is -0.497 e. The molecule has 0 spiro atoms. The molecule has 0 amide bonds. The standard InChI is InChI=1S/C15H19N3O/c1-19-14-6-4-11(5-7-14)9-13(16)10-12-3-2-8-18-15(12)17/h2-8,13H,9-10,16H2,1H3,(H2,17,18). The van der Waals surface area contributed by atoms with E-state index in [2.05, 4.69) is 4.98 Å². The van der Waals surface area contributed by atoms with E-state index in [1.54, 1.807) is 13.3 Å². The minimum atomic E-state index is 0.0277. The van der Waals surface area contributed by atoms with E-state index >= 15 is 0 Å². The molecule has 1 aromatic carbocycles. The van der Waals surface area contributed by atoms with Crippen molar-refractivity contribution in [3.8, 4) is 5.75 Å². The van der Waals surface area contributed by atoms with Gasteiger partial charge in [-0.3, -0.25) is 0 Å². The van der Waals surface area contributed by atoms with Crippen LogP contribution in [0.25, 0.3) is 0 Å². The molecule has 1 atom stereocenters. The smallest absolute Gasteiger partial charge is 0.126 e. The molecule has 4 nitrogen and oxygen atoms in total. The number of nitrogens with two attached hydrogens (primary N) is 2. The number of rotatable bonds is 5. The number of nitrogen functional groups attached to an aromatic ring is 1. The zero-order chi connectivity index (χ0) is 13.7. The maximum atomic E-state index is 6.16. The van der Waals surface area contributed by atoms with Crippen LogP contribution in [0, 0.1) is 0 Å². The number of hydrogen-bond donors (Lipinski definition) is 2. The molecule has 0 aliphatic rings. The summed E-state index contributed by atoms with van der Waals surface area (Å²) in [7, 11) is 1.66. The summed E-state index contributed by atoms with van der Waals surface area (Å²) in [6, 6.07) is 11.8. The number of ether oxygens (including phenoxy) is 1. The van der Waals surface area contributed by atoms with Gasteiger partial charge in [0.25, 0.3) is 0 Å². The second-order valence-electron chi connectivity index (χ2n) is 4.56. The topological polar surface area (TPSA) is 74.2 Å². The largest absolute Gasteiger partial charge is 0.497 e. The summed E-state index contributed by atoms with van der Waals surface area (Å²) in [6.07, 6.45) is 3.22. The lowest BCUT2D eigenvalue weighted by Gasteiger charge is -2.13. The van der Waals surface area contributed by atoms with Gasteiger partial charge in [-0.1, -0.05) is 18.2 Å². The minimum absolute atomic E-state index is 0.0277. The first-order valence-electron chi connectivity index (χ1n) is 6.27. The Labute approximate surface area is 113 Å². The van der Waals surface area contributed by atoms with E-state index in [9.17, 15) is 0 Å². The van der Waals surface area contributed by atoms with Crippen molar-refractivity contribution < 1.29 is 4.74 Å². The fourth-order valence-electron chi connectivity index (χ4n) is 2.04. The van der Waals surface area contributed by atoms with Crippen molar-refractivity contribution in [2.75, 3.05) is 12.8 Å². The molecule has 100 valence electrons. The Hall–Kier alpha value is -2.07. The van der Waals surface area contributed by atoms with Gasteiger partial charge < -0.3 is 16.2 Å². The van der Waals surface area contributed by atoms with Gasteiger partial charge in [0, 0.05) is 12.2 Å². The maximum absolute atomic E-state index is 6.16. The van der Waals surface area contributed by atoms with Crippen molar-refractivity contribution in [3.63, 3.8) is 0 Å². The third-order valence-corrected chi connectivity index (χ3v) is 3.07. The Bertz CT molecular complexity index is 525. The Morgan fingerprint density at radius 1 is 1.16 bits per heavy atom. The summed E-state index contributed by atoms with van der Waals surface area (Å²) < 4.78 is 5.13. The quantitative estimate of drug-likeness (QED) is 0.856. The molecule has 1 aromatic heterocycles. The van der Waals surface area contributed by atoms with Gasteiger partial charge in [0.15, 0.2) is 0 Å². The Kier molecular flexibility index (Phi) is 4.36. The third-order valence-electron chi connectivity index (χ3n) is 3.07. The maximum Gasteiger partial charge on any atom is 0.126 e. The van der Waals surface area contributed by atoms with Crippen LogP contribution in [0.4, 0.5) is 5.82 Å². The second kappa shape index (κ2) is 6.20. The highest BCUT2D eigenvalue weighted by Gasteiger charge is 2.08. The van der Waals surface area contributed by atoms with Crippen LogP contribution >= 0.6 is 0 Å². The lowest BCUT2D eigenvalue weighted by Crippen LogP contribution is -2.26. The SMILES string of the molecule is COc1ccc(CC(N)Cc2cccnc2N)cc1. The van der Waals surface area contributed by atoms with Crippen LogP contribution < -0.4 is 16.2 Å². The first kappa shape index (κ1) is 13.4. The van der Waals surface area contributed by atoms with Crippen LogP contribution in [0.5, 0.6) is 5.75 Å². The Balaban J connectivity index is 1.97. The van der Waals surface area contributed by atoms with E-state index in [-0.39, 0.29) is 6.04 Å². The van der Waals surface area contributed by atoms with Gasteiger partial charge in [0.05, 0.1) is 7.11 Å². The van der Waals surface area contributed by atoms with Gasteiger partial charge >= 0.3 is 0 Å². The third kappa shape index (κ3) is 3.69. The number of pyridine rings is 1. The number of aromatic nitrogens is 1. The van der Waals surface area contributed by atoms with Crippen LogP contribution in [-0.2, 0) is 12.8 Å². The number of benzene rings is 1. The van der Waals surface area contributed by atoms with Gasteiger partial charge in [-0.2, -0.15) is 0 Å². The Morgan fingerprint density at radius 3 is 2.53 bits per heavy atom. The van der Waals surface area contributed by atoms with Crippen molar-refractivity contribution in [1.29, 1.82) is 0 Å². The molecular weight excluding hydrogens is 238 g/mol. The van der Waals surface area contributed by atoms with Crippen molar-refractivity contribution in [2.45, 2.75) is 18.9 Å². The molecule has 1 unspecified atom stereocenters. The molecule has 19 heavy (non-hydrogen) atoms. The fourth-order valence-corrected chi connectivity index (χ4v) is 2.04. The molecule has 4 N–H and O–H groups in total. The number of anilines is 1. The second-order valence-corrected chi connectivity index (χ2v) is 4.56.